The van der Waals surface area contributed by atoms with Crippen LogP contribution in [0, 0.1) is 5.92 Å². The monoisotopic (exact) mass is 246 g/mol. The van der Waals surface area contributed by atoms with Crippen molar-refractivity contribution in [2.75, 3.05) is 19.8 Å². The number of fused-ring (bicyclic) bond motifs is 1. The zero-order valence-electron chi connectivity index (χ0n) is 10.9. The normalized spacial score (nSPS) is 18.0. The molecule has 1 fully saturated rings. The Morgan fingerprint density at radius 1 is 1.22 bits per heavy atom. The van der Waals surface area contributed by atoms with Gasteiger partial charge in [-0.25, -0.2) is 0 Å². The highest BCUT2D eigenvalue weighted by atomic mass is 16.5. The summed E-state index contributed by atoms with van der Waals surface area (Å²) < 4.78 is 5.60. The number of hydrogen-bond acceptors (Lipinski definition) is 3. The van der Waals surface area contributed by atoms with Crippen LogP contribution in [0.1, 0.15) is 29.5 Å². The molecule has 98 valence electrons. The van der Waals surface area contributed by atoms with Crippen LogP contribution >= 0.6 is 0 Å². The van der Waals surface area contributed by atoms with Gasteiger partial charge in [0.05, 0.1) is 6.61 Å². The summed E-state index contributed by atoms with van der Waals surface area (Å²) in [6.45, 7) is 5.74. The van der Waals surface area contributed by atoms with Gasteiger partial charge in [0, 0.05) is 32.8 Å². The fourth-order valence-corrected chi connectivity index (χ4v) is 2.37. The van der Waals surface area contributed by atoms with E-state index in [1.54, 1.807) is 0 Å². The van der Waals surface area contributed by atoms with Gasteiger partial charge in [-0.3, -0.25) is 0 Å². The third-order valence-electron chi connectivity index (χ3n) is 3.70. The van der Waals surface area contributed by atoms with Crippen molar-refractivity contribution in [3.8, 4) is 0 Å². The molecule has 2 N–H and O–H groups in total. The molecule has 0 aromatic heterocycles. The van der Waals surface area contributed by atoms with E-state index in [0.29, 0.717) is 0 Å². The van der Waals surface area contributed by atoms with E-state index in [4.69, 9.17) is 4.74 Å². The highest BCUT2D eigenvalue weighted by molar-refractivity contribution is 5.34. The van der Waals surface area contributed by atoms with E-state index in [0.717, 1.165) is 45.3 Å². The largest absolute Gasteiger partial charge is 0.380 e. The van der Waals surface area contributed by atoms with E-state index in [-0.39, 0.29) is 0 Å². The van der Waals surface area contributed by atoms with Crippen molar-refractivity contribution in [3.05, 3.63) is 34.9 Å². The van der Waals surface area contributed by atoms with Crippen LogP contribution in [0.2, 0.25) is 0 Å². The first-order chi connectivity index (χ1) is 8.92. The third kappa shape index (κ3) is 3.31. The summed E-state index contributed by atoms with van der Waals surface area (Å²) in [5.74, 6) is 0.870. The third-order valence-corrected chi connectivity index (χ3v) is 3.70. The van der Waals surface area contributed by atoms with Gasteiger partial charge in [-0.1, -0.05) is 18.2 Å². The van der Waals surface area contributed by atoms with Crippen LogP contribution in [0.3, 0.4) is 0 Å². The van der Waals surface area contributed by atoms with Crippen LogP contribution < -0.4 is 10.6 Å². The van der Waals surface area contributed by atoms with Crippen molar-refractivity contribution in [3.63, 3.8) is 0 Å². The second-order valence-electron chi connectivity index (χ2n) is 5.40. The maximum atomic E-state index is 5.60. The van der Waals surface area contributed by atoms with Crippen molar-refractivity contribution in [1.29, 1.82) is 0 Å². The first-order valence-electron chi connectivity index (χ1n) is 7.02. The summed E-state index contributed by atoms with van der Waals surface area (Å²) in [6.07, 6.45) is 2.74. The second kappa shape index (κ2) is 5.83. The Morgan fingerprint density at radius 2 is 2.11 bits per heavy atom. The molecule has 0 unspecified atom stereocenters. The Bertz CT molecular complexity index is 401. The maximum absolute atomic E-state index is 5.60. The molecule has 3 heteroatoms. The number of ether oxygens (including phenoxy) is 1. The van der Waals surface area contributed by atoms with Crippen LogP contribution in [-0.2, 0) is 24.4 Å². The van der Waals surface area contributed by atoms with Gasteiger partial charge in [-0.2, -0.15) is 0 Å². The van der Waals surface area contributed by atoms with Gasteiger partial charge >= 0.3 is 0 Å². The average molecular weight is 246 g/mol. The van der Waals surface area contributed by atoms with Crippen molar-refractivity contribution < 1.29 is 4.74 Å². The summed E-state index contributed by atoms with van der Waals surface area (Å²) in [5, 5.41) is 6.82. The van der Waals surface area contributed by atoms with Crippen LogP contribution in [0.4, 0.5) is 0 Å². The van der Waals surface area contributed by atoms with Crippen molar-refractivity contribution >= 4 is 0 Å². The molecule has 1 saturated carbocycles. The van der Waals surface area contributed by atoms with Crippen LogP contribution in [0.25, 0.3) is 0 Å². The van der Waals surface area contributed by atoms with Crippen molar-refractivity contribution in [1.82, 2.24) is 10.6 Å². The number of hydrogen-bond donors (Lipinski definition) is 2. The molecule has 0 bridgehead atoms. The molecule has 3 rings (SSSR count). The van der Waals surface area contributed by atoms with Gasteiger partial charge in [0.2, 0.25) is 0 Å². The lowest BCUT2D eigenvalue weighted by molar-refractivity contribution is 0.126. The number of rotatable bonds is 7. The molecule has 18 heavy (non-hydrogen) atoms. The van der Waals surface area contributed by atoms with Gasteiger partial charge in [0.25, 0.3) is 0 Å². The molecule has 0 spiro atoms. The molecule has 1 aromatic carbocycles. The first-order valence-corrected chi connectivity index (χ1v) is 7.02. The lowest BCUT2D eigenvalue weighted by Gasteiger charge is -2.07. The summed E-state index contributed by atoms with van der Waals surface area (Å²) >= 11 is 0. The summed E-state index contributed by atoms with van der Waals surface area (Å²) in [7, 11) is 0. The van der Waals surface area contributed by atoms with E-state index < -0.39 is 0 Å². The Balaban J connectivity index is 1.34. The highest BCUT2D eigenvalue weighted by Gasteiger charge is 2.20. The fraction of sp³-hybridized carbons (Fsp3) is 0.600. The van der Waals surface area contributed by atoms with Crippen LogP contribution in [-0.4, -0.2) is 19.8 Å². The average Bonchev–Trinajstić information content (AvgIpc) is 3.09. The lowest BCUT2D eigenvalue weighted by Crippen LogP contribution is -2.19. The molecule has 1 aromatic rings. The molecule has 0 atom stereocenters. The molecule has 1 aliphatic carbocycles. The summed E-state index contributed by atoms with van der Waals surface area (Å²) in [5.41, 5.74) is 4.28. The Morgan fingerprint density at radius 3 is 3.00 bits per heavy atom. The molecule has 3 nitrogen and oxygen atoms in total. The molecule has 1 aliphatic heterocycles. The fourth-order valence-electron chi connectivity index (χ4n) is 2.37. The SMILES string of the molecule is c1cc2c(cc1CNCCOCC1CC1)CNC2. The van der Waals surface area contributed by atoms with E-state index in [1.165, 1.54) is 29.5 Å². The lowest BCUT2D eigenvalue weighted by atomic mass is 10.1. The zero-order chi connectivity index (χ0) is 12.2. The topological polar surface area (TPSA) is 33.3 Å². The van der Waals surface area contributed by atoms with Gasteiger partial charge < -0.3 is 15.4 Å². The Labute approximate surface area is 109 Å². The molecular formula is C15H22N2O. The summed E-state index contributed by atoms with van der Waals surface area (Å²) in [4.78, 5) is 0. The minimum absolute atomic E-state index is 0.836. The van der Waals surface area contributed by atoms with Gasteiger partial charge in [-0.15, -0.1) is 0 Å². The highest BCUT2D eigenvalue weighted by Crippen LogP contribution is 2.28. The first kappa shape index (κ1) is 12.2. The molecule has 0 saturated heterocycles. The van der Waals surface area contributed by atoms with Crippen LogP contribution in [0.5, 0.6) is 0 Å². The molecule has 1 heterocycles. The molecular weight excluding hydrogens is 224 g/mol. The van der Waals surface area contributed by atoms with E-state index in [1.807, 2.05) is 0 Å². The van der Waals surface area contributed by atoms with E-state index in [2.05, 4.69) is 28.8 Å². The predicted molar refractivity (Wildman–Crippen MR) is 72.2 cm³/mol. The second-order valence-corrected chi connectivity index (χ2v) is 5.40. The van der Waals surface area contributed by atoms with Gasteiger partial charge in [0.15, 0.2) is 0 Å². The molecule has 0 radical (unpaired) electrons. The Hall–Kier alpha value is -0.900. The van der Waals surface area contributed by atoms with Crippen LogP contribution in [0.15, 0.2) is 18.2 Å². The quantitative estimate of drug-likeness (QED) is 0.720. The molecule has 0 amide bonds. The van der Waals surface area contributed by atoms with E-state index in [9.17, 15) is 0 Å². The molecule has 2 aliphatic rings. The van der Waals surface area contributed by atoms with Crippen molar-refractivity contribution in [2.24, 2.45) is 5.92 Å². The van der Waals surface area contributed by atoms with E-state index >= 15 is 0 Å². The standard InChI is InChI=1S/C15H22N2O/c1-2-12(1)11-18-6-5-16-8-13-3-4-14-9-17-10-15(14)7-13/h3-4,7,12,16-17H,1-2,5-6,8-11H2. The van der Waals surface area contributed by atoms with Gasteiger partial charge in [0.1, 0.15) is 0 Å². The number of nitrogens with one attached hydrogen (secondary N) is 2. The van der Waals surface area contributed by atoms with Gasteiger partial charge in [-0.05, 0) is 35.4 Å². The minimum Gasteiger partial charge on any atom is -0.380 e. The maximum Gasteiger partial charge on any atom is 0.0591 e. The minimum atomic E-state index is 0.836. The predicted octanol–water partition coefficient (Wildman–Crippen LogP) is 1.81. The number of benzene rings is 1. The van der Waals surface area contributed by atoms with Crippen molar-refractivity contribution in [2.45, 2.75) is 32.5 Å². The summed E-state index contributed by atoms with van der Waals surface area (Å²) in [6, 6.07) is 6.78. The Kier molecular flexibility index (Phi) is 3.93. The smallest absolute Gasteiger partial charge is 0.0591 e. The zero-order valence-corrected chi connectivity index (χ0v) is 10.9.